The number of hydrogen-bond donors (Lipinski definition) is 1. The predicted molar refractivity (Wildman–Crippen MR) is 117 cm³/mol. The van der Waals surface area contributed by atoms with Crippen LogP contribution in [0.2, 0.25) is 0 Å². The quantitative estimate of drug-likeness (QED) is 0.723. The van der Waals surface area contributed by atoms with Gasteiger partial charge in [0.1, 0.15) is 0 Å². The molecular weight excluding hydrogens is 396 g/mol. The standard InChI is InChI=1S/C23H34N4O2S/c1-16-19(30-15-24-16)20-23(11-5-6-12-23)21(28)27(20)18-9-13-26(14-10-18)22(29)25-17-7-3-2-4-8-17/h15,17-18,20H,2-14H2,1H3,(H,25,29). The van der Waals surface area contributed by atoms with Crippen molar-refractivity contribution in [1.29, 1.82) is 0 Å². The molecule has 1 aromatic rings. The monoisotopic (exact) mass is 430 g/mol. The van der Waals surface area contributed by atoms with Crippen molar-refractivity contribution >= 4 is 23.3 Å². The Labute approximate surface area is 183 Å². The Kier molecular flexibility index (Phi) is 5.50. The van der Waals surface area contributed by atoms with Crippen LogP contribution in [0.3, 0.4) is 0 Å². The third-order valence-electron chi connectivity index (χ3n) is 8.07. The minimum atomic E-state index is -0.174. The van der Waals surface area contributed by atoms with E-state index in [-0.39, 0.29) is 23.5 Å². The lowest BCUT2D eigenvalue weighted by Gasteiger charge is -2.58. The number of aryl methyl sites for hydroxylation is 1. The summed E-state index contributed by atoms with van der Waals surface area (Å²) in [4.78, 5) is 36.0. The maximum absolute atomic E-state index is 13.4. The molecule has 4 fully saturated rings. The van der Waals surface area contributed by atoms with Gasteiger partial charge < -0.3 is 15.1 Å². The minimum Gasteiger partial charge on any atom is -0.335 e. The van der Waals surface area contributed by atoms with Crippen LogP contribution >= 0.6 is 11.3 Å². The van der Waals surface area contributed by atoms with Crippen LogP contribution in [0, 0.1) is 12.3 Å². The Morgan fingerprint density at radius 2 is 1.80 bits per heavy atom. The van der Waals surface area contributed by atoms with E-state index in [1.807, 2.05) is 10.4 Å². The van der Waals surface area contributed by atoms with Crippen LogP contribution < -0.4 is 5.32 Å². The lowest BCUT2D eigenvalue weighted by Crippen LogP contribution is -2.66. The van der Waals surface area contributed by atoms with E-state index in [0.717, 1.165) is 70.2 Å². The molecule has 2 aliphatic carbocycles. The highest BCUT2D eigenvalue weighted by atomic mass is 32.1. The fourth-order valence-corrected chi connectivity index (χ4v) is 7.39. The van der Waals surface area contributed by atoms with E-state index in [4.69, 9.17) is 0 Å². The van der Waals surface area contributed by atoms with Crippen molar-refractivity contribution in [2.45, 2.75) is 95.7 Å². The normalized spacial score (nSPS) is 27.5. The van der Waals surface area contributed by atoms with Crippen LogP contribution in [0.5, 0.6) is 0 Å². The number of likely N-dealkylation sites (tertiary alicyclic amines) is 2. The molecule has 4 aliphatic rings. The number of β-lactam (4-membered cyclic amide) rings is 1. The number of amides is 3. The smallest absolute Gasteiger partial charge is 0.317 e. The number of aromatic nitrogens is 1. The van der Waals surface area contributed by atoms with Crippen molar-refractivity contribution in [2.75, 3.05) is 13.1 Å². The topological polar surface area (TPSA) is 65.5 Å². The number of rotatable bonds is 3. The number of nitrogens with one attached hydrogen (secondary N) is 1. The van der Waals surface area contributed by atoms with E-state index in [1.54, 1.807) is 11.3 Å². The molecule has 2 saturated heterocycles. The van der Waals surface area contributed by atoms with Crippen LogP contribution in [0.1, 0.15) is 87.2 Å². The Bertz CT molecular complexity index is 789. The van der Waals surface area contributed by atoms with Gasteiger partial charge in [-0.05, 0) is 45.4 Å². The van der Waals surface area contributed by atoms with Gasteiger partial charge in [-0.1, -0.05) is 32.1 Å². The highest BCUT2D eigenvalue weighted by Gasteiger charge is 2.64. The van der Waals surface area contributed by atoms with Gasteiger partial charge in [-0.25, -0.2) is 9.78 Å². The summed E-state index contributed by atoms with van der Waals surface area (Å²) < 4.78 is 0. The summed E-state index contributed by atoms with van der Waals surface area (Å²) in [5.74, 6) is 0.364. The zero-order chi connectivity index (χ0) is 20.7. The van der Waals surface area contributed by atoms with Gasteiger partial charge in [0.15, 0.2) is 0 Å². The number of carbonyl (C=O) groups excluding carboxylic acids is 2. The van der Waals surface area contributed by atoms with E-state index < -0.39 is 0 Å². The Morgan fingerprint density at radius 1 is 1.10 bits per heavy atom. The van der Waals surface area contributed by atoms with Gasteiger partial charge in [-0.3, -0.25) is 4.79 Å². The van der Waals surface area contributed by atoms with Crippen molar-refractivity contribution in [3.8, 4) is 0 Å². The van der Waals surface area contributed by atoms with Crippen molar-refractivity contribution in [3.05, 3.63) is 16.1 Å². The minimum absolute atomic E-state index is 0.0948. The molecule has 1 atom stereocenters. The average Bonchev–Trinajstić information content (AvgIpc) is 3.43. The molecule has 0 bridgehead atoms. The fraction of sp³-hybridized carbons (Fsp3) is 0.783. The Morgan fingerprint density at radius 3 is 2.43 bits per heavy atom. The molecule has 0 radical (unpaired) electrons. The lowest BCUT2D eigenvalue weighted by atomic mass is 9.67. The maximum Gasteiger partial charge on any atom is 0.317 e. The highest BCUT2D eigenvalue weighted by Crippen LogP contribution is 2.61. The van der Waals surface area contributed by atoms with Crippen molar-refractivity contribution in [3.63, 3.8) is 0 Å². The summed E-state index contributed by atoms with van der Waals surface area (Å²) in [6.07, 6.45) is 12.1. The van der Waals surface area contributed by atoms with Crippen molar-refractivity contribution in [1.82, 2.24) is 20.1 Å². The van der Waals surface area contributed by atoms with Gasteiger partial charge in [0.25, 0.3) is 0 Å². The van der Waals surface area contributed by atoms with E-state index in [2.05, 4.69) is 22.1 Å². The summed E-state index contributed by atoms with van der Waals surface area (Å²) in [6, 6.07) is 0.890. The molecule has 7 heteroatoms. The van der Waals surface area contributed by atoms with Crippen molar-refractivity contribution < 1.29 is 9.59 Å². The molecule has 1 aromatic heterocycles. The maximum atomic E-state index is 13.4. The summed E-state index contributed by atoms with van der Waals surface area (Å²) in [6.45, 7) is 3.57. The van der Waals surface area contributed by atoms with Crippen LogP contribution in [-0.2, 0) is 4.79 Å². The molecule has 5 rings (SSSR count). The molecule has 2 saturated carbocycles. The molecule has 1 unspecified atom stereocenters. The predicted octanol–water partition coefficient (Wildman–Crippen LogP) is 4.40. The molecular formula is C23H34N4O2S. The summed E-state index contributed by atoms with van der Waals surface area (Å²) >= 11 is 1.71. The highest BCUT2D eigenvalue weighted by molar-refractivity contribution is 7.09. The first-order chi connectivity index (χ1) is 14.6. The fourth-order valence-electron chi connectivity index (χ4n) is 6.37. The molecule has 0 aromatic carbocycles. The first kappa shape index (κ1) is 20.3. The van der Waals surface area contributed by atoms with Gasteiger partial charge in [0.2, 0.25) is 5.91 Å². The molecule has 1 N–H and O–H groups in total. The SMILES string of the molecule is Cc1ncsc1C1N(C2CCN(C(=O)NC3CCCCC3)CC2)C(=O)C12CCCC2. The largest absolute Gasteiger partial charge is 0.335 e. The third kappa shape index (κ3) is 3.33. The first-order valence-electron chi connectivity index (χ1n) is 11.9. The molecule has 2 aliphatic heterocycles. The summed E-state index contributed by atoms with van der Waals surface area (Å²) in [7, 11) is 0. The van der Waals surface area contributed by atoms with Crippen LogP contribution in [0.25, 0.3) is 0 Å². The molecule has 30 heavy (non-hydrogen) atoms. The second kappa shape index (κ2) is 8.13. The number of hydrogen-bond acceptors (Lipinski definition) is 4. The van der Waals surface area contributed by atoms with Crippen LogP contribution in [0.15, 0.2) is 5.51 Å². The third-order valence-corrected chi connectivity index (χ3v) is 9.05. The number of thiazole rings is 1. The van der Waals surface area contributed by atoms with Gasteiger partial charge >= 0.3 is 6.03 Å². The zero-order valence-corrected chi connectivity index (χ0v) is 18.9. The van der Waals surface area contributed by atoms with Crippen LogP contribution in [-0.4, -0.2) is 51.9 Å². The number of nitrogens with zero attached hydrogens (tertiary/aromatic N) is 3. The molecule has 164 valence electrons. The van der Waals surface area contributed by atoms with Gasteiger partial charge in [-0.15, -0.1) is 11.3 Å². The summed E-state index contributed by atoms with van der Waals surface area (Å²) in [5.41, 5.74) is 2.83. The van der Waals surface area contributed by atoms with Crippen molar-refractivity contribution in [2.24, 2.45) is 5.41 Å². The van der Waals surface area contributed by atoms with E-state index in [0.29, 0.717) is 11.9 Å². The second-order valence-corrected chi connectivity index (χ2v) is 10.7. The van der Waals surface area contributed by atoms with E-state index >= 15 is 0 Å². The van der Waals surface area contributed by atoms with Crippen LogP contribution in [0.4, 0.5) is 4.79 Å². The molecule has 1 spiro atoms. The van der Waals surface area contributed by atoms with E-state index in [9.17, 15) is 9.59 Å². The second-order valence-electron chi connectivity index (χ2n) is 9.78. The Hall–Kier alpha value is -1.63. The molecule has 6 nitrogen and oxygen atoms in total. The van der Waals surface area contributed by atoms with Gasteiger partial charge in [-0.2, -0.15) is 0 Å². The molecule has 3 amide bonds. The molecule has 3 heterocycles. The number of carbonyl (C=O) groups is 2. The Balaban J connectivity index is 1.24. The zero-order valence-electron chi connectivity index (χ0n) is 18.1. The first-order valence-corrected chi connectivity index (χ1v) is 12.8. The lowest BCUT2D eigenvalue weighted by molar-refractivity contribution is -0.180. The van der Waals surface area contributed by atoms with E-state index in [1.165, 1.54) is 24.1 Å². The number of piperidine rings is 1. The summed E-state index contributed by atoms with van der Waals surface area (Å²) in [5, 5.41) is 3.25. The number of urea groups is 1. The van der Waals surface area contributed by atoms with Gasteiger partial charge in [0.05, 0.1) is 27.5 Å². The average molecular weight is 431 g/mol. The van der Waals surface area contributed by atoms with Gasteiger partial charge in [0, 0.05) is 25.2 Å².